The molecular formula is C22H28N2O5. The normalized spacial score (nSPS) is 21.1. The molecule has 1 heterocycles. The maximum Gasteiger partial charge on any atom is 0.326 e. The number of rotatable bonds is 7. The molecule has 3 rings (SSSR count). The zero-order chi connectivity index (χ0) is 21.0. The second kappa shape index (κ2) is 9.20. The van der Waals surface area contributed by atoms with Gasteiger partial charge in [0.25, 0.3) is 5.91 Å². The molecule has 1 N–H and O–H groups in total. The first-order valence-corrected chi connectivity index (χ1v) is 10.4. The highest BCUT2D eigenvalue weighted by molar-refractivity contribution is 6.07. The molecule has 0 unspecified atom stereocenters. The van der Waals surface area contributed by atoms with Crippen molar-refractivity contribution >= 4 is 29.4 Å². The average molecular weight is 400 g/mol. The highest BCUT2D eigenvalue weighted by Crippen LogP contribution is 2.37. The first-order chi connectivity index (χ1) is 14.0. The van der Waals surface area contributed by atoms with Crippen LogP contribution in [0.5, 0.6) is 0 Å². The number of fused-ring (bicyclic) bond motifs is 1. The third-order valence-corrected chi connectivity index (χ3v) is 5.85. The number of amides is 3. The Morgan fingerprint density at radius 3 is 2.10 bits per heavy atom. The minimum absolute atomic E-state index is 0.287. The second-order valence-electron chi connectivity index (χ2n) is 7.63. The van der Waals surface area contributed by atoms with Gasteiger partial charge in [-0.2, -0.15) is 0 Å². The molecule has 0 bridgehead atoms. The van der Waals surface area contributed by atoms with Crippen molar-refractivity contribution in [2.45, 2.75) is 52.4 Å². The fourth-order valence-corrected chi connectivity index (χ4v) is 4.29. The fraction of sp³-hybridized carbons (Fsp3) is 0.545. The number of anilines is 1. The summed E-state index contributed by atoms with van der Waals surface area (Å²) in [5.74, 6) is -2.37. The number of nitrogens with zero attached hydrogens (tertiary/aromatic N) is 1. The average Bonchev–Trinajstić information content (AvgIpc) is 2.97. The predicted octanol–water partition coefficient (Wildman–Crippen LogP) is 2.47. The van der Waals surface area contributed by atoms with Crippen molar-refractivity contribution < 1.29 is 23.9 Å². The fourth-order valence-electron chi connectivity index (χ4n) is 4.29. The Labute approximate surface area is 170 Å². The molecule has 0 radical (unpaired) electrons. The molecule has 156 valence electrons. The summed E-state index contributed by atoms with van der Waals surface area (Å²) in [4.78, 5) is 50.3. The van der Waals surface area contributed by atoms with Crippen LogP contribution < -0.4 is 5.32 Å². The lowest BCUT2D eigenvalue weighted by atomic mass is 9.81. The first kappa shape index (κ1) is 21.0. The maximum absolute atomic E-state index is 12.4. The van der Waals surface area contributed by atoms with Gasteiger partial charge in [0.2, 0.25) is 11.8 Å². The Bertz CT molecular complexity index is 773. The van der Waals surface area contributed by atoms with Gasteiger partial charge in [0.15, 0.2) is 6.61 Å². The Balaban J connectivity index is 1.54. The summed E-state index contributed by atoms with van der Waals surface area (Å²) in [5, 5.41) is 2.82. The van der Waals surface area contributed by atoms with E-state index in [9.17, 15) is 19.2 Å². The van der Waals surface area contributed by atoms with Crippen molar-refractivity contribution in [3.63, 3.8) is 0 Å². The van der Waals surface area contributed by atoms with Crippen LogP contribution in [-0.4, -0.2) is 41.7 Å². The Morgan fingerprint density at radius 2 is 1.59 bits per heavy atom. The number of imide groups is 1. The smallest absolute Gasteiger partial charge is 0.326 e. The molecule has 1 aromatic rings. The molecule has 1 aliphatic heterocycles. The van der Waals surface area contributed by atoms with Crippen molar-refractivity contribution in [3.05, 3.63) is 29.3 Å². The number of aryl methyl sites for hydroxylation is 2. The number of hydrogen-bond acceptors (Lipinski definition) is 5. The zero-order valence-electron chi connectivity index (χ0n) is 17.0. The number of carbonyl (C=O) groups excluding carboxylic acids is 4. The van der Waals surface area contributed by atoms with Crippen molar-refractivity contribution in [1.82, 2.24) is 4.90 Å². The number of carbonyl (C=O) groups is 4. The molecule has 3 amide bonds. The van der Waals surface area contributed by atoms with Crippen LogP contribution in [0.25, 0.3) is 0 Å². The van der Waals surface area contributed by atoms with E-state index in [2.05, 4.69) is 5.32 Å². The van der Waals surface area contributed by atoms with Gasteiger partial charge in [-0.1, -0.05) is 44.9 Å². The first-order valence-electron chi connectivity index (χ1n) is 10.4. The van der Waals surface area contributed by atoms with Crippen LogP contribution in [0.4, 0.5) is 5.69 Å². The summed E-state index contributed by atoms with van der Waals surface area (Å²) in [6, 6.07) is 5.85. The van der Waals surface area contributed by atoms with Crippen LogP contribution in [0, 0.1) is 11.8 Å². The van der Waals surface area contributed by atoms with E-state index in [1.54, 1.807) is 0 Å². The summed E-state index contributed by atoms with van der Waals surface area (Å²) >= 11 is 0. The molecule has 1 saturated carbocycles. The number of benzene rings is 1. The van der Waals surface area contributed by atoms with E-state index in [4.69, 9.17) is 4.74 Å². The Morgan fingerprint density at radius 1 is 1.03 bits per heavy atom. The maximum atomic E-state index is 12.4. The molecule has 29 heavy (non-hydrogen) atoms. The molecule has 1 aliphatic carbocycles. The topological polar surface area (TPSA) is 92.8 Å². The number of nitrogens with one attached hydrogen (secondary N) is 1. The summed E-state index contributed by atoms with van der Waals surface area (Å²) in [7, 11) is 0. The molecule has 1 aromatic carbocycles. The van der Waals surface area contributed by atoms with Gasteiger partial charge in [0, 0.05) is 5.69 Å². The van der Waals surface area contributed by atoms with Crippen molar-refractivity contribution in [2.75, 3.05) is 18.5 Å². The highest BCUT2D eigenvalue weighted by atomic mass is 16.5. The molecule has 1 saturated heterocycles. The van der Waals surface area contributed by atoms with E-state index < -0.39 is 25.0 Å². The van der Waals surface area contributed by atoms with Crippen LogP contribution in [0.3, 0.4) is 0 Å². The van der Waals surface area contributed by atoms with Gasteiger partial charge in [-0.3, -0.25) is 24.1 Å². The predicted molar refractivity (Wildman–Crippen MR) is 107 cm³/mol. The third kappa shape index (κ3) is 4.49. The number of likely N-dealkylation sites (tertiary alicyclic amines) is 1. The van der Waals surface area contributed by atoms with E-state index in [0.717, 1.165) is 47.4 Å². The molecule has 7 heteroatoms. The van der Waals surface area contributed by atoms with E-state index >= 15 is 0 Å². The standard InChI is InChI=1S/C22H28N2O5/c1-3-14-8-7-9-15(4-2)20(14)23-18(25)13-29-19(26)12-24-21(27)16-10-5-6-11-17(16)22(24)28/h7-9,16-17H,3-6,10-13H2,1-2H3,(H,23,25)/t16-,17-/m1/s1. The van der Waals surface area contributed by atoms with E-state index in [1.807, 2.05) is 32.0 Å². The van der Waals surface area contributed by atoms with Gasteiger partial charge in [-0.25, -0.2) is 0 Å². The minimum atomic E-state index is -0.750. The van der Waals surface area contributed by atoms with Gasteiger partial charge in [-0.15, -0.1) is 0 Å². The summed E-state index contributed by atoms with van der Waals surface area (Å²) in [5.41, 5.74) is 2.78. The quantitative estimate of drug-likeness (QED) is 0.561. The number of ether oxygens (including phenoxy) is 1. The summed E-state index contributed by atoms with van der Waals surface area (Å²) in [6.45, 7) is 3.13. The summed E-state index contributed by atoms with van der Waals surface area (Å²) < 4.78 is 5.04. The monoisotopic (exact) mass is 400 g/mol. The molecule has 0 spiro atoms. The van der Waals surface area contributed by atoms with Crippen LogP contribution in [0.1, 0.15) is 50.7 Å². The van der Waals surface area contributed by atoms with Crippen LogP contribution in [-0.2, 0) is 36.8 Å². The van der Waals surface area contributed by atoms with Crippen molar-refractivity contribution in [3.8, 4) is 0 Å². The number of hydrogen-bond donors (Lipinski definition) is 1. The number of esters is 1. The van der Waals surface area contributed by atoms with Gasteiger partial charge in [0.1, 0.15) is 6.54 Å². The van der Waals surface area contributed by atoms with E-state index in [-0.39, 0.29) is 23.7 Å². The highest BCUT2D eigenvalue weighted by Gasteiger charge is 2.48. The largest absolute Gasteiger partial charge is 0.454 e. The molecule has 0 aromatic heterocycles. The van der Waals surface area contributed by atoms with Crippen LogP contribution in [0.2, 0.25) is 0 Å². The minimum Gasteiger partial charge on any atom is -0.454 e. The third-order valence-electron chi connectivity index (χ3n) is 5.85. The molecule has 2 fully saturated rings. The lowest BCUT2D eigenvalue weighted by molar-refractivity contribution is -0.154. The van der Waals surface area contributed by atoms with Crippen LogP contribution in [0.15, 0.2) is 18.2 Å². The van der Waals surface area contributed by atoms with Gasteiger partial charge in [-0.05, 0) is 36.8 Å². The van der Waals surface area contributed by atoms with Gasteiger partial charge in [0.05, 0.1) is 11.8 Å². The Kier molecular flexibility index (Phi) is 6.67. The molecular weight excluding hydrogens is 372 g/mol. The van der Waals surface area contributed by atoms with Gasteiger partial charge < -0.3 is 10.1 Å². The Hall–Kier alpha value is -2.70. The van der Waals surface area contributed by atoms with Crippen molar-refractivity contribution in [1.29, 1.82) is 0 Å². The van der Waals surface area contributed by atoms with Gasteiger partial charge >= 0.3 is 5.97 Å². The molecule has 2 atom stereocenters. The second-order valence-corrected chi connectivity index (χ2v) is 7.63. The van der Waals surface area contributed by atoms with E-state index in [0.29, 0.717) is 12.8 Å². The van der Waals surface area contributed by atoms with E-state index in [1.165, 1.54) is 0 Å². The lowest BCUT2D eigenvalue weighted by Crippen LogP contribution is -2.37. The SMILES string of the molecule is CCc1cccc(CC)c1NC(=O)COC(=O)CN1C(=O)[C@@H]2CCCC[C@H]2C1=O. The zero-order valence-corrected chi connectivity index (χ0v) is 17.0. The summed E-state index contributed by atoms with van der Waals surface area (Å²) in [6.07, 6.45) is 4.78. The molecule has 2 aliphatic rings. The molecule has 7 nitrogen and oxygen atoms in total. The number of para-hydroxylation sites is 1. The van der Waals surface area contributed by atoms with Crippen LogP contribution >= 0.6 is 0 Å². The lowest BCUT2D eigenvalue weighted by Gasteiger charge is -2.19. The van der Waals surface area contributed by atoms with Crippen molar-refractivity contribution in [2.24, 2.45) is 11.8 Å².